The Kier molecular flexibility index (Phi) is 7.17. The zero-order valence-electron chi connectivity index (χ0n) is 13.5. The summed E-state index contributed by atoms with van der Waals surface area (Å²) in [7, 11) is 0. The number of carbonyl (C=O) groups is 1. The van der Waals surface area contributed by atoms with Crippen LogP contribution in [0.1, 0.15) is 38.7 Å². The zero-order chi connectivity index (χ0) is 15.6. The van der Waals surface area contributed by atoms with Crippen LogP contribution in [0.3, 0.4) is 0 Å². The summed E-state index contributed by atoms with van der Waals surface area (Å²) < 4.78 is 0. The van der Waals surface area contributed by atoms with Crippen molar-refractivity contribution in [1.29, 1.82) is 0 Å². The SMILES string of the molecule is CC(C)C(C(=O)N1CC(CN)CC1C)c1cccc(Cl)c1.Cl. The highest BCUT2D eigenvalue weighted by Crippen LogP contribution is 2.32. The maximum absolute atomic E-state index is 13.0. The smallest absolute Gasteiger partial charge is 0.230 e. The fourth-order valence-electron chi connectivity index (χ4n) is 3.31. The van der Waals surface area contributed by atoms with E-state index in [-0.39, 0.29) is 36.2 Å². The molecule has 0 spiro atoms. The third-order valence-electron chi connectivity index (χ3n) is 4.42. The van der Waals surface area contributed by atoms with Crippen LogP contribution in [-0.4, -0.2) is 29.9 Å². The maximum atomic E-state index is 13.0. The van der Waals surface area contributed by atoms with E-state index in [1.54, 1.807) is 0 Å². The lowest BCUT2D eigenvalue weighted by atomic mass is 9.87. The summed E-state index contributed by atoms with van der Waals surface area (Å²) in [4.78, 5) is 15.0. The van der Waals surface area contributed by atoms with Crippen molar-refractivity contribution in [3.8, 4) is 0 Å². The number of nitrogens with zero attached hydrogens (tertiary/aromatic N) is 1. The molecule has 0 aromatic heterocycles. The Morgan fingerprint density at radius 3 is 2.64 bits per heavy atom. The summed E-state index contributed by atoms with van der Waals surface area (Å²) in [5.41, 5.74) is 6.78. The lowest BCUT2D eigenvalue weighted by molar-refractivity contribution is -0.134. The van der Waals surface area contributed by atoms with Crippen molar-refractivity contribution in [2.75, 3.05) is 13.1 Å². The molecule has 0 aliphatic carbocycles. The van der Waals surface area contributed by atoms with E-state index in [0.717, 1.165) is 18.5 Å². The van der Waals surface area contributed by atoms with Gasteiger partial charge >= 0.3 is 0 Å². The van der Waals surface area contributed by atoms with Gasteiger partial charge in [0, 0.05) is 17.6 Å². The van der Waals surface area contributed by atoms with Gasteiger partial charge in [0.05, 0.1) is 5.92 Å². The number of nitrogens with two attached hydrogens (primary N) is 1. The second-order valence-electron chi connectivity index (χ2n) is 6.45. The molecule has 3 unspecified atom stereocenters. The molecule has 124 valence electrons. The van der Waals surface area contributed by atoms with Crippen molar-refractivity contribution in [1.82, 2.24) is 4.90 Å². The van der Waals surface area contributed by atoms with Gasteiger partial charge in [-0.1, -0.05) is 37.6 Å². The summed E-state index contributed by atoms with van der Waals surface area (Å²) >= 11 is 6.09. The number of benzene rings is 1. The molecule has 3 atom stereocenters. The van der Waals surface area contributed by atoms with Crippen LogP contribution in [0, 0.1) is 11.8 Å². The fraction of sp³-hybridized carbons (Fsp3) is 0.588. The number of likely N-dealkylation sites (tertiary alicyclic amines) is 1. The van der Waals surface area contributed by atoms with Crippen LogP contribution >= 0.6 is 24.0 Å². The largest absolute Gasteiger partial charge is 0.339 e. The van der Waals surface area contributed by atoms with Gasteiger partial charge in [-0.2, -0.15) is 0 Å². The van der Waals surface area contributed by atoms with E-state index in [1.165, 1.54) is 0 Å². The Bertz CT molecular complexity index is 507. The number of rotatable bonds is 4. The standard InChI is InChI=1S/C17H25ClN2O.ClH/c1-11(2)16(14-5-4-6-15(18)8-14)17(21)20-10-13(9-19)7-12(20)3;/h4-6,8,11-13,16H,7,9-10,19H2,1-3H3;1H. The molecule has 1 amide bonds. The highest BCUT2D eigenvalue weighted by molar-refractivity contribution is 6.30. The van der Waals surface area contributed by atoms with Gasteiger partial charge in [0.1, 0.15) is 0 Å². The summed E-state index contributed by atoms with van der Waals surface area (Å²) in [6.45, 7) is 7.72. The first-order chi connectivity index (χ1) is 9.93. The predicted molar refractivity (Wildman–Crippen MR) is 94.6 cm³/mol. The Morgan fingerprint density at radius 2 is 2.14 bits per heavy atom. The number of carbonyl (C=O) groups excluding carboxylic acids is 1. The minimum atomic E-state index is -0.136. The molecule has 3 nitrogen and oxygen atoms in total. The van der Waals surface area contributed by atoms with Gasteiger partial charge in [0.15, 0.2) is 0 Å². The van der Waals surface area contributed by atoms with Crippen LogP contribution in [0.2, 0.25) is 5.02 Å². The van der Waals surface area contributed by atoms with E-state index in [0.29, 0.717) is 17.5 Å². The Balaban J connectivity index is 0.00000242. The second kappa shape index (κ2) is 8.19. The summed E-state index contributed by atoms with van der Waals surface area (Å²) in [5, 5.41) is 0.681. The molecule has 2 rings (SSSR count). The van der Waals surface area contributed by atoms with Crippen LogP contribution in [0.15, 0.2) is 24.3 Å². The molecule has 1 aromatic rings. The molecule has 1 aliphatic rings. The Labute approximate surface area is 144 Å². The second-order valence-corrected chi connectivity index (χ2v) is 6.89. The highest BCUT2D eigenvalue weighted by atomic mass is 35.5. The van der Waals surface area contributed by atoms with Crippen LogP contribution < -0.4 is 5.73 Å². The third kappa shape index (κ3) is 4.15. The van der Waals surface area contributed by atoms with E-state index >= 15 is 0 Å². The Morgan fingerprint density at radius 1 is 1.45 bits per heavy atom. The van der Waals surface area contributed by atoms with Gasteiger partial charge in [-0.15, -0.1) is 12.4 Å². The summed E-state index contributed by atoms with van der Waals surface area (Å²) in [6.07, 6.45) is 1.00. The quantitative estimate of drug-likeness (QED) is 0.904. The molecule has 22 heavy (non-hydrogen) atoms. The molecule has 1 fully saturated rings. The van der Waals surface area contributed by atoms with Gasteiger partial charge in [-0.3, -0.25) is 4.79 Å². The summed E-state index contributed by atoms with van der Waals surface area (Å²) in [5.74, 6) is 0.731. The maximum Gasteiger partial charge on any atom is 0.230 e. The van der Waals surface area contributed by atoms with E-state index in [1.807, 2.05) is 29.2 Å². The van der Waals surface area contributed by atoms with E-state index in [9.17, 15) is 4.79 Å². The van der Waals surface area contributed by atoms with Crippen LogP contribution in [0.4, 0.5) is 0 Å². The molecule has 0 bridgehead atoms. The molecule has 2 N–H and O–H groups in total. The van der Waals surface area contributed by atoms with Crippen molar-refractivity contribution in [3.63, 3.8) is 0 Å². The lowest BCUT2D eigenvalue weighted by Crippen LogP contribution is -2.39. The van der Waals surface area contributed by atoms with Gasteiger partial charge in [-0.05, 0) is 49.4 Å². The normalized spacial score (nSPS) is 22.5. The predicted octanol–water partition coefficient (Wildman–Crippen LogP) is 3.70. The highest BCUT2D eigenvalue weighted by Gasteiger charge is 2.36. The molecular weight excluding hydrogens is 319 g/mol. The monoisotopic (exact) mass is 344 g/mol. The molecule has 1 heterocycles. The fourth-order valence-corrected chi connectivity index (χ4v) is 3.51. The van der Waals surface area contributed by atoms with Crippen molar-refractivity contribution in [2.45, 2.75) is 39.2 Å². The first-order valence-corrected chi connectivity index (χ1v) is 8.07. The molecule has 1 saturated heterocycles. The van der Waals surface area contributed by atoms with Crippen LogP contribution in [0.25, 0.3) is 0 Å². The summed E-state index contributed by atoms with van der Waals surface area (Å²) in [6, 6.07) is 7.93. The lowest BCUT2D eigenvalue weighted by Gasteiger charge is -2.29. The number of hydrogen-bond donors (Lipinski definition) is 1. The molecule has 1 aliphatic heterocycles. The molecule has 0 saturated carbocycles. The third-order valence-corrected chi connectivity index (χ3v) is 4.65. The van der Waals surface area contributed by atoms with Gasteiger partial charge in [-0.25, -0.2) is 0 Å². The average molecular weight is 345 g/mol. The van der Waals surface area contributed by atoms with E-state index in [4.69, 9.17) is 17.3 Å². The molecular formula is C17H26Cl2N2O. The topological polar surface area (TPSA) is 46.3 Å². The van der Waals surface area contributed by atoms with Crippen LogP contribution in [-0.2, 0) is 4.79 Å². The van der Waals surface area contributed by atoms with Crippen molar-refractivity contribution >= 4 is 29.9 Å². The zero-order valence-corrected chi connectivity index (χ0v) is 15.0. The molecule has 1 aromatic carbocycles. The van der Waals surface area contributed by atoms with Crippen molar-refractivity contribution in [3.05, 3.63) is 34.9 Å². The van der Waals surface area contributed by atoms with Crippen LogP contribution in [0.5, 0.6) is 0 Å². The van der Waals surface area contributed by atoms with E-state index < -0.39 is 0 Å². The minimum Gasteiger partial charge on any atom is -0.339 e. The first-order valence-electron chi connectivity index (χ1n) is 7.70. The average Bonchev–Trinajstić information content (AvgIpc) is 2.80. The molecule has 5 heteroatoms. The first kappa shape index (κ1) is 19.3. The molecule has 0 radical (unpaired) electrons. The van der Waals surface area contributed by atoms with Gasteiger partial charge in [0.2, 0.25) is 5.91 Å². The van der Waals surface area contributed by atoms with Gasteiger partial charge in [0.25, 0.3) is 0 Å². The minimum absolute atomic E-state index is 0. The van der Waals surface area contributed by atoms with Crippen molar-refractivity contribution < 1.29 is 4.79 Å². The van der Waals surface area contributed by atoms with Gasteiger partial charge < -0.3 is 10.6 Å². The Hall–Kier alpha value is -0.770. The van der Waals surface area contributed by atoms with Crippen molar-refractivity contribution in [2.24, 2.45) is 17.6 Å². The van der Waals surface area contributed by atoms with E-state index in [2.05, 4.69) is 20.8 Å². The number of halogens is 2. The number of amides is 1. The number of hydrogen-bond acceptors (Lipinski definition) is 2.